The maximum atomic E-state index is 13.6. The Morgan fingerprint density at radius 1 is 1.25 bits per heavy atom. The Balaban J connectivity index is 2.60. The van der Waals surface area contributed by atoms with E-state index in [0.717, 1.165) is 11.1 Å². The molecule has 0 radical (unpaired) electrons. The second-order valence-electron chi connectivity index (χ2n) is 3.38. The maximum absolute atomic E-state index is 13.6. The third-order valence-electron chi connectivity index (χ3n) is 2.32. The van der Waals surface area contributed by atoms with Gasteiger partial charge in [0, 0.05) is 22.7 Å². The van der Waals surface area contributed by atoms with Crippen molar-refractivity contribution < 1.29 is 4.39 Å². The van der Waals surface area contributed by atoms with Crippen LogP contribution in [0.2, 0.25) is 0 Å². The summed E-state index contributed by atoms with van der Waals surface area (Å²) in [7, 11) is 0. The van der Waals surface area contributed by atoms with E-state index in [9.17, 15) is 4.39 Å². The zero-order valence-corrected chi connectivity index (χ0v) is 10.0. The van der Waals surface area contributed by atoms with Gasteiger partial charge in [-0.2, -0.15) is 0 Å². The van der Waals surface area contributed by atoms with Crippen LogP contribution in [0.15, 0.2) is 36.5 Å². The smallest absolute Gasteiger partial charge is 0.131 e. The van der Waals surface area contributed by atoms with Crippen LogP contribution >= 0.6 is 15.9 Å². The summed E-state index contributed by atoms with van der Waals surface area (Å²) in [4.78, 5) is 4.00. The lowest BCUT2D eigenvalue weighted by molar-refractivity contribution is 0.631. The Kier molecular flexibility index (Phi) is 3.19. The summed E-state index contributed by atoms with van der Waals surface area (Å²) < 4.78 is 13.6. The molecule has 4 heteroatoms. The molecule has 0 aliphatic rings. The number of nitrogen functional groups attached to an aromatic ring is 1. The summed E-state index contributed by atoms with van der Waals surface area (Å²) in [5, 5.41) is 0.614. The van der Waals surface area contributed by atoms with Gasteiger partial charge in [0.05, 0.1) is 0 Å². The third-order valence-corrected chi connectivity index (χ3v) is 2.92. The summed E-state index contributed by atoms with van der Waals surface area (Å²) in [6, 6.07) is 8.37. The van der Waals surface area contributed by atoms with Gasteiger partial charge in [0.1, 0.15) is 11.6 Å². The van der Waals surface area contributed by atoms with E-state index in [4.69, 9.17) is 5.73 Å². The number of benzene rings is 1. The molecule has 1 aromatic heterocycles. The molecule has 16 heavy (non-hydrogen) atoms. The summed E-state index contributed by atoms with van der Waals surface area (Å²) in [6.45, 7) is 0. The molecule has 0 saturated carbocycles. The van der Waals surface area contributed by atoms with Crippen molar-refractivity contribution in [3.63, 3.8) is 0 Å². The first kappa shape index (κ1) is 11.1. The number of nitrogens with zero attached hydrogens (tertiary/aromatic N) is 1. The van der Waals surface area contributed by atoms with Crippen molar-refractivity contribution in [3.05, 3.63) is 47.9 Å². The molecule has 2 N–H and O–H groups in total. The molecular weight excluding hydrogens is 271 g/mol. The van der Waals surface area contributed by atoms with Crippen LogP contribution in [0, 0.1) is 5.82 Å². The van der Waals surface area contributed by atoms with Gasteiger partial charge in [0.25, 0.3) is 0 Å². The van der Waals surface area contributed by atoms with Crippen LogP contribution in [0.3, 0.4) is 0 Å². The number of hydrogen-bond donors (Lipinski definition) is 1. The Bertz CT molecular complexity index is 514. The van der Waals surface area contributed by atoms with Crippen LogP contribution in [-0.2, 0) is 5.33 Å². The monoisotopic (exact) mass is 280 g/mol. The zero-order chi connectivity index (χ0) is 11.5. The summed E-state index contributed by atoms with van der Waals surface area (Å²) >= 11 is 3.36. The molecule has 0 unspecified atom stereocenters. The van der Waals surface area contributed by atoms with Crippen molar-refractivity contribution in [2.45, 2.75) is 5.33 Å². The van der Waals surface area contributed by atoms with E-state index in [2.05, 4.69) is 20.9 Å². The Morgan fingerprint density at radius 2 is 2.00 bits per heavy atom. The van der Waals surface area contributed by atoms with Gasteiger partial charge in [0.15, 0.2) is 0 Å². The van der Waals surface area contributed by atoms with Crippen LogP contribution < -0.4 is 5.73 Å². The molecule has 0 spiro atoms. The molecule has 0 aliphatic heterocycles. The average molecular weight is 281 g/mol. The maximum Gasteiger partial charge on any atom is 0.131 e. The molecule has 2 nitrogen and oxygen atoms in total. The SMILES string of the molecule is Nc1cc(CBr)c(-c2ccccc2F)cn1. The molecule has 82 valence electrons. The number of pyridine rings is 1. The van der Waals surface area contributed by atoms with E-state index in [1.807, 2.05) is 0 Å². The van der Waals surface area contributed by atoms with Gasteiger partial charge in [0.2, 0.25) is 0 Å². The van der Waals surface area contributed by atoms with Gasteiger partial charge in [-0.1, -0.05) is 34.1 Å². The van der Waals surface area contributed by atoms with E-state index in [0.29, 0.717) is 16.7 Å². The lowest BCUT2D eigenvalue weighted by Crippen LogP contribution is -1.95. The van der Waals surface area contributed by atoms with Crippen LogP contribution in [0.5, 0.6) is 0 Å². The standard InChI is InChI=1S/C12H10BrFN2/c13-6-8-5-12(15)16-7-10(8)9-3-1-2-4-11(9)14/h1-5,7H,6H2,(H2,15,16). The molecule has 0 bridgehead atoms. The Labute approximate surface area is 101 Å². The van der Waals surface area contributed by atoms with Gasteiger partial charge < -0.3 is 5.73 Å². The van der Waals surface area contributed by atoms with E-state index in [1.165, 1.54) is 6.07 Å². The highest BCUT2D eigenvalue weighted by Crippen LogP contribution is 2.27. The first-order valence-electron chi connectivity index (χ1n) is 4.77. The van der Waals surface area contributed by atoms with E-state index in [1.54, 1.807) is 30.5 Å². The molecule has 0 saturated heterocycles. The molecule has 2 aromatic rings. The van der Waals surface area contributed by atoms with Gasteiger partial charge in [-0.25, -0.2) is 9.37 Å². The lowest BCUT2D eigenvalue weighted by atomic mass is 10.0. The second kappa shape index (κ2) is 4.61. The van der Waals surface area contributed by atoms with E-state index >= 15 is 0 Å². The minimum Gasteiger partial charge on any atom is -0.384 e. The zero-order valence-electron chi connectivity index (χ0n) is 8.45. The summed E-state index contributed by atoms with van der Waals surface area (Å²) in [5.74, 6) is 0.186. The predicted octanol–water partition coefficient (Wildman–Crippen LogP) is 3.36. The van der Waals surface area contributed by atoms with Gasteiger partial charge in [-0.15, -0.1) is 0 Å². The number of hydrogen-bond acceptors (Lipinski definition) is 2. The fraction of sp³-hybridized carbons (Fsp3) is 0.0833. The van der Waals surface area contributed by atoms with Crippen molar-refractivity contribution in [2.75, 3.05) is 5.73 Å². The third kappa shape index (κ3) is 2.07. The first-order chi connectivity index (χ1) is 7.72. The molecule has 1 heterocycles. The quantitative estimate of drug-likeness (QED) is 0.857. The average Bonchev–Trinajstić information content (AvgIpc) is 2.30. The Morgan fingerprint density at radius 3 is 2.69 bits per heavy atom. The fourth-order valence-corrected chi connectivity index (χ4v) is 2.01. The molecule has 0 amide bonds. The van der Waals surface area contributed by atoms with Crippen LogP contribution in [0.25, 0.3) is 11.1 Å². The van der Waals surface area contributed by atoms with Crippen molar-refractivity contribution in [1.82, 2.24) is 4.98 Å². The van der Waals surface area contributed by atoms with Gasteiger partial charge >= 0.3 is 0 Å². The Hall–Kier alpha value is -1.42. The van der Waals surface area contributed by atoms with Crippen molar-refractivity contribution in [2.24, 2.45) is 0 Å². The highest BCUT2D eigenvalue weighted by atomic mass is 79.9. The fourth-order valence-electron chi connectivity index (χ4n) is 1.55. The molecule has 1 aromatic carbocycles. The highest BCUT2D eigenvalue weighted by Gasteiger charge is 2.09. The minimum atomic E-state index is -0.253. The number of nitrogens with two attached hydrogens (primary N) is 1. The van der Waals surface area contributed by atoms with Crippen LogP contribution in [-0.4, -0.2) is 4.98 Å². The number of aromatic nitrogens is 1. The minimum absolute atomic E-state index is 0.253. The second-order valence-corrected chi connectivity index (χ2v) is 3.94. The normalized spacial score (nSPS) is 10.4. The van der Waals surface area contributed by atoms with Gasteiger partial charge in [-0.3, -0.25) is 0 Å². The first-order valence-corrected chi connectivity index (χ1v) is 5.90. The molecule has 0 atom stereocenters. The van der Waals surface area contributed by atoms with Crippen molar-refractivity contribution >= 4 is 21.7 Å². The van der Waals surface area contributed by atoms with Crippen molar-refractivity contribution in [3.8, 4) is 11.1 Å². The summed E-state index contributed by atoms with van der Waals surface area (Å²) in [6.07, 6.45) is 1.60. The molecule has 0 aliphatic carbocycles. The topological polar surface area (TPSA) is 38.9 Å². The van der Waals surface area contributed by atoms with Gasteiger partial charge in [-0.05, 0) is 17.7 Å². The molecule has 2 rings (SSSR count). The van der Waals surface area contributed by atoms with Crippen molar-refractivity contribution in [1.29, 1.82) is 0 Å². The van der Waals surface area contributed by atoms with Crippen LogP contribution in [0.4, 0.5) is 10.2 Å². The van der Waals surface area contributed by atoms with Crippen LogP contribution in [0.1, 0.15) is 5.56 Å². The number of rotatable bonds is 2. The lowest BCUT2D eigenvalue weighted by Gasteiger charge is -2.08. The van der Waals surface area contributed by atoms with E-state index < -0.39 is 0 Å². The molecule has 0 fully saturated rings. The largest absolute Gasteiger partial charge is 0.384 e. The van der Waals surface area contributed by atoms with E-state index in [-0.39, 0.29) is 5.82 Å². The number of anilines is 1. The highest BCUT2D eigenvalue weighted by molar-refractivity contribution is 9.08. The summed E-state index contributed by atoms with van der Waals surface area (Å²) in [5.41, 5.74) is 7.84. The predicted molar refractivity (Wildman–Crippen MR) is 66.7 cm³/mol. The number of alkyl halides is 1. The molecular formula is C12H10BrFN2. The number of halogens is 2.